The molecule has 0 saturated heterocycles. The van der Waals surface area contributed by atoms with Crippen LogP contribution < -0.4 is 5.32 Å². The lowest BCUT2D eigenvalue weighted by atomic mass is 10.1. The fraction of sp³-hybridized carbons (Fsp3) is 0.533. The van der Waals surface area contributed by atoms with Gasteiger partial charge >= 0.3 is 0 Å². The van der Waals surface area contributed by atoms with Gasteiger partial charge in [-0.15, -0.1) is 0 Å². The van der Waals surface area contributed by atoms with Crippen molar-refractivity contribution in [3.8, 4) is 6.07 Å². The van der Waals surface area contributed by atoms with Crippen LogP contribution in [-0.4, -0.2) is 45.3 Å². The standard InChI is InChI=1S/C15H23N3O/c1-13(15-6-4-5-14(11-15)12-16)17-7-9-19-10-8-18(2)3/h4-6,11,13,17H,7-10H2,1-3H3. The van der Waals surface area contributed by atoms with Crippen LogP contribution in [0, 0.1) is 11.3 Å². The molecule has 0 saturated carbocycles. The number of hydrogen-bond acceptors (Lipinski definition) is 4. The van der Waals surface area contributed by atoms with Gasteiger partial charge in [-0.2, -0.15) is 5.26 Å². The highest BCUT2D eigenvalue weighted by molar-refractivity contribution is 5.33. The molecule has 1 atom stereocenters. The van der Waals surface area contributed by atoms with Crippen molar-refractivity contribution in [2.75, 3.05) is 40.4 Å². The minimum atomic E-state index is 0.228. The number of hydrogen-bond donors (Lipinski definition) is 1. The first-order valence-corrected chi connectivity index (χ1v) is 6.59. The molecule has 1 unspecified atom stereocenters. The van der Waals surface area contributed by atoms with E-state index >= 15 is 0 Å². The van der Waals surface area contributed by atoms with E-state index in [2.05, 4.69) is 23.2 Å². The van der Waals surface area contributed by atoms with Gasteiger partial charge in [-0.05, 0) is 38.7 Å². The normalized spacial score (nSPS) is 12.4. The number of benzene rings is 1. The molecular weight excluding hydrogens is 238 g/mol. The van der Waals surface area contributed by atoms with Crippen LogP contribution in [0.15, 0.2) is 24.3 Å². The molecule has 0 amide bonds. The van der Waals surface area contributed by atoms with Gasteiger partial charge in [0.15, 0.2) is 0 Å². The van der Waals surface area contributed by atoms with Crippen molar-refractivity contribution in [1.82, 2.24) is 10.2 Å². The van der Waals surface area contributed by atoms with E-state index in [0.717, 1.165) is 25.3 Å². The third-order valence-corrected chi connectivity index (χ3v) is 2.90. The molecule has 1 rings (SSSR count). The Bertz CT molecular complexity index is 412. The van der Waals surface area contributed by atoms with E-state index < -0.39 is 0 Å². The fourth-order valence-corrected chi connectivity index (χ4v) is 1.69. The fourth-order valence-electron chi connectivity index (χ4n) is 1.69. The molecule has 0 heterocycles. The van der Waals surface area contributed by atoms with Crippen molar-refractivity contribution < 1.29 is 4.74 Å². The summed E-state index contributed by atoms with van der Waals surface area (Å²) in [6, 6.07) is 10.1. The largest absolute Gasteiger partial charge is 0.379 e. The minimum Gasteiger partial charge on any atom is -0.379 e. The molecule has 0 radical (unpaired) electrons. The first kappa shape index (κ1) is 15.6. The number of nitriles is 1. The number of ether oxygens (including phenoxy) is 1. The van der Waals surface area contributed by atoms with E-state index in [9.17, 15) is 0 Å². The Morgan fingerprint density at radius 2 is 2.16 bits per heavy atom. The predicted molar refractivity (Wildman–Crippen MR) is 76.9 cm³/mol. The molecule has 1 N–H and O–H groups in total. The molecule has 1 aromatic rings. The maximum Gasteiger partial charge on any atom is 0.0991 e. The molecule has 0 fully saturated rings. The summed E-state index contributed by atoms with van der Waals surface area (Å²) in [7, 11) is 4.07. The van der Waals surface area contributed by atoms with Crippen LogP contribution in [0.25, 0.3) is 0 Å². The lowest BCUT2D eigenvalue weighted by Gasteiger charge is -2.15. The van der Waals surface area contributed by atoms with Gasteiger partial charge in [0.05, 0.1) is 24.8 Å². The van der Waals surface area contributed by atoms with Gasteiger partial charge in [0.2, 0.25) is 0 Å². The van der Waals surface area contributed by atoms with Gasteiger partial charge < -0.3 is 15.0 Å². The van der Waals surface area contributed by atoms with Crippen LogP contribution in [-0.2, 0) is 4.74 Å². The zero-order valence-corrected chi connectivity index (χ0v) is 12.0. The van der Waals surface area contributed by atoms with E-state index in [1.807, 2.05) is 38.4 Å². The Labute approximate surface area is 116 Å². The Hall–Kier alpha value is -1.41. The van der Waals surface area contributed by atoms with Gasteiger partial charge in [-0.25, -0.2) is 0 Å². The maximum absolute atomic E-state index is 8.87. The van der Waals surface area contributed by atoms with Crippen molar-refractivity contribution in [3.05, 3.63) is 35.4 Å². The van der Waals surface area contributed by atoms with Crippen molar-refractivity contribution in [2.45, 2.75) is 13.0 Å². The first-order chi connectivity index (χ1) is 9.13. The summed E-state index contributed by atoms with van der Waals surface area (Å²) in [6.45, 7) is 5.31. The Kier molecular flexibility index (Phi) is 7.12. The minimum absolute atomic E-state index is 0.228. The molecule has 0 aromatic heterocycles. The molecule has 0 aliphatic carbocycles. The molecule has 4 heteroatoms. The molecule has 0 spiro atoms. The molecule has 0 aliphatic rings. The van der Waals surface area contributed by atoms with Crippen molar-refractivity contribution in [1.29, 1.82) is 5.26 Å². The van der Waals surface area contributed by atoms with Crippen molar-refractivity contribution >= 4 is 0 Å². The highest BCUT2D eigenvalue weighted by Gasteiger charge is 2.04. The summed E-state index contributed by atoms with van der Waals surface area (Å²) in [6.07, 6.45) is 0. The predicted octanol–water partition coefficient (Wildman–Crippen LogP) is 1.79. The summed E-state index contributed by atoms with van der Waals surface area (Å²) in [5, 5.41) is 12.3. The highest BCUT2D eigenvalue weighted by atomic mass is 16.5. The number of rotatable bonds is 8. The van der Waals surface area contributed by atoms with Crippen molar-refractivity contribution in [3.63, 3.8) is 0 Å². The quantitative estimate of drug-likeness (QED) is 0.725. The van der Waals surface area contributed by atoms with Gasteiger partial charge in [-0.3, -0.25) is 0 Å². The van der Waals surface area contributed by atoms with Crippen LogP contribution in [0.5, 0.6) is 0 Å². The topological polar surface area (TPSA) is 48.3 Å². The second-order valence-corrected chi connectivity index (χ2v) is 4.83. The monoisotopic (exact) mass is 261 g/mol. The van der Waals surface area contributed by atoms with Gasteiger partial charge in [0, 0.05) is 19.1 Å². The SMILES string of the molecule is CC(NCCOCCN(C)C)c1cccc(C#N)c1. The number of nitrogens with zero attached hydrogens (tertiary/aromatic N) is 2. The van der Waals surface area contributed by atoms with Crippen LogP contribution in [0.4, 0.5) is 0 Å². The molecular formula is C15H23N3O. The van der Waals surface area contributed by atoms with Crippen LogP contribution in [0.1, 0.15) is 24.1 Å². The summed E-state index contributed by atoms with van der Waals surface area (Å²) >= 11 is 0. The van der Waals surface area contributed by atoms with Crippen LogP contribution in [0.3, 0.4) is 0 Å². The number of likely N-dealkylation sites (N-methyl/N-ethyl adjacent to an activating group) is 1. The zero-order valence-electron chi connectivity index (χ0n) is 12.0. The molecule has 0 aliphatic heterocycles. The summed E-state index contributed by atoms with van der Waals surface area (Å²) in [4.78, 5) is 2.10. The van der Waals surface area contributed by atoms with Crippen molar-refractivity contribution in [2.24, 2.45) is 0 Å². The van der Waals surface area contributed by atoms with Gasteiger partial charge in [-0.1, -0.05) is 12.1 Å². The summed E-state index contributed by atoms with van der Waals surface area (Å²) in [5.74, 6) is 0. The molecule has 1 aromatic carbocycles. The molecule has 4 nitrogen and oxygen atoms in total. The average Bonchev–Trinajstić information content (AvgIpc) is 2.42. The molecule has 0 bridgehead atoms. The first-order valence-electron chi connectivity index (χ1n) is 6.59. The third kappa shape index (κ3) is 6.35. The van der Waals surface area contributed by atoms with E-state index in [0.29, 0.717) is 12.2 Å². The summed E-state index contributed by atoms with van der Waals surface area (Å²) < 4.78 is 5.52. The van der Waals surface area contributed by atoms with E-state index in [-0.39, 0.29) is 6.04 Å². The number of nitrogens with one attached hydrogen (secondary N) is 1. The molecule has 19 heavy (non-hydrogen) atoms. The Balaban J connectivity index is 2.24. The second-order valence-electron chi connectivity index (χ2n) is 4.83. The van der Waals surface area contributed by atoms with E-state index in [1.54, 1.807) is 0 Å². The maximum atomic E-state index is 8.87. The van der Waals surface area contributed by atoms with Gasteiger partial charge in [0.25, 0.3) is 0 Å². The zero-order chi connectivity index (χ0) is 14.1. The highest BCUT2D eigenvalue weighted by Crippen LogP contribution is 2.13. The van der Waals surface area contributed by atoms with Gasteiger partial charge in [0.1, 0.15) is 0 Å². The lowest BCUT2D eigenvalue weighted by Crippen LogP contribution is -2.25. The van der Waals surface area contributed by atoms with E-state index in [1.165, 1.54) is 0 Å². The Morgan fingerprint density at radius 1 is 1.37 bits per heavy atom. The summed E-state index contributed by atoms with van der Waals surface area (Å²) in [5.41, 5.74) is 1.83. The third-order valence-electron chi connectivity index (χ3n) is 2.90. The van der Waals surface area contributed by atoms with Crippen LogP contribution in [0.2, 0.25) is 0 Å². The lowest BCUT2D eigenvalue weighted by molar-refractivity contribution is 0.118. The molecule has 104 valence electrons. The van der Waals surface area contributed by atoms with E-state index in [4.69, 9.17) is 10.00 Å². The second kappa shape index (κ2) is 8.65. The smallest absolute Gasteiger partial charge is 0.0991 e. The van der Waals surface area contributed by atoms with Crippen LogP contribution >= 0.6 is 0 Å². The average molecular weight is 261 g/mol. The Morgan fingerprint density at radius 3 is 2.84 bits per heavy atom.